The van der Waals surface area contributed by atoms with E-state index in [4.69, 9.17) is 5.11 Å². The lowest BCUT2D eigenvalue weighted by Gasteiger charge is -2.17. The first kappa shape index (κ1) is 11.5. The minimum atomic E-state index is -2.51. The van der Waals surface area contributed by atoms with Crippen molar-refractivity contribution < 1.29 is 18.7 Å². The van der Waals surface area contributed by atoms with E-state index in [0.717, 1.165) is 0 Å². The van der Waals surface area contributed by atoms with Crippen molar-refractivity contribution in [2.24, 2.45) is 5.92 Å². The van der Waals surface area contributed by atoms with Crippen molar-refractivity contribution in [1.29, 1.82) is 0 Å². The van der Waals surface area contributed by atoms with Crippen LogP contribution >= 0.6 is 0 Å². The molecule has 0 aromatic carbocycles. The fourth-order valence-corrected chi connectivity index (χ4v) is 1.22. The zero-order valence-electron chi connectivity index (χ0n) is 6.94. The zero-order chi connectivity index (χ0) is 9.72. The maximum atomic E-state index is 10.4. The molecule has 72 valence electrons. The Labute approximate surface area is 73.6 Å². The standard InChI is InChI=1S/C6H13NO4S/c1-4(2)3-5(6(8)9)7-12(10)11/h4-5,7H,3H2,1-2H3,(H,8,9)(H,10,11)/p-1/t5-/m1/s1. The molecular weight excluding hydrogens is 182 g/mol. The molecule has 0 aliphatic heterocycles. The molecule has 0 amide bonds. The van der Waals surface area contributed by atoms with E-state index in [1.165, 1.54) is 0 Å². The maximum Gasteiger partial charge on any atom is 0.321 e. The molecule has 0 aromatic heterocycles. The average molecular weight is 194 g/mol. The Kier molecular flexibility index (Phi) is 5.03. The van der Waals surface area contributed by atoms with Gasteiger partial charge in [0.25, 0.3) is 0 Å². The average Bonchev–Trinajstić information content (AvgIpc) is 1.83. The summed E-state index contributed by atoms with van der Waals surface area (Å²) in [6.07, 6.45) is 0.295. The van der Waals surface area contributed by atoms with Gasteiger partial charge < -0.3 is 9.66 Å². The van der Waals surface area contributed by atoms with Gasteiger partial charge >= 0.3 is 5.97 Å². The molecule has 6 heteroatoms. The van der Waals surface area contributed by atoms with E-state index >= 15 is 0 Å². The fourth-order valence-electron chi connectivity index (χ4n) is 0.787. The Balaban J connectivity index is 4.04. The number of carboxylic acid groups (broad SMARTS) is 1. The number of hydrogen-bond acceptors (Lipinski definition) is 3. The van der Waals surface area contributed by atoms with Crippen molar-refractivity contribution in [2.75, 3.05) is 0 Å². The highest BCUT2D eigenvalue weighted by molar-refractivity contribution is 7.77. The van der Waals surface area contributed by atoms with Crippen LogP contribution in [0.1, 0.15) is 20.3 Å². The third kappa shape index (κ3) is 5.22. The largest absolute Gasteiger partial charge is 0.760 e. The van der Waals surface area contributed by atoms with Gasteiger partial charge in [-0.1, -0.05) is 13.8 Å². The van der Waals surface area contributed by atoms with E-state index in [0.29, 0.717) is 6.42 Å². The Morgan fingerprint density at radius 2 is 2.17 bits per heavy atom. The SMILES string of the molecule is CC(C)C[C@@H](NS(=O)[O-])C(=O)O. The molecule has 5 nitrogen and oxygen atoms in total. The molecule has 1 unspecified atom stereocenters. The van der Waals surface area contributed by atoms with E-state index in [1.54, 1.807) is 0 Å². The molecule has 0 fully saturated rings. The van der Waals surface area contributed by atoms with Gasteiger partial charge in [-0.2, -0.15) is 0 Å². The summed E-state index contributed by atoms with van der Waals surface area (Å²) in [6.45, 7) is 3.65. The van der Waals surface area contributed by atoms with Gasteiger partial charge in [0.2, 0.25) is 0 Å². The highest BCUT2D eigenvalue weighted by Crippen LogP contribution is 2.04. The van der Waals surface area contributed by atoms with Crippen LogP contribution in [-0.2, 0) is 16.1 Å². The van der Waals surface area contributed by atoms with E-state index in [9.17, 15) is 13.6 Å². The predicted octanol–water partition coefficient (Wildman–Crippen LogP) is -0.131. The first-order chi connectivity index (χ1) is 5.43. The normalized spacial score (nSPS) is 16.0. The number of carbonyl (C=O) groups is 1. The van der Waals surface area contributed by atoms with E-state index in [2.05, 4.69) is 0 Å². The van der Waals surface area contributed by atoms with Crippen LogP contribution in [0.15, 0.2) is 0 Å². The fraction of sp³-hybridized carbons (Fsp3) is 0.833. The molecule has 0 saturated carbocycles. The summed E-state index contributed by atoms with van der Waals surface area (Å²) in [5.41, 5.74) is 0. The van der Waals surface area contributed by atoms with Crippen LogP contribution in [0.5, 0.6) is 0 Å². The third-order valence-corrected chi connectivity index (χ3v) is 1.72. The molecule has 0 heterocycles. The summed E-state index contributed by atoms with van der Waals surface area (Å²) in [5, 5.41) is 8.54. The quantitative estimate of drug-likeness (QED) is 0.596. The molecule has 0 rings (SSSR count). The molecule has 0 aliphatic carbocycles. The molecule has 0 saturated heterocycles. The van der Waals surface area contributed by atoms with Crippen molar-refractivity contribution >= 4 is 17.2 Å². The molecular formula is C6H12NO4S-. The molecule has 0 aromatic rings. The van der Waals surface area contributed by atoms with E-state index in [-0.39, 0.29) is 5.92 Å². The minimum Gasteiger partial charge on any atom is -0.760 e. The lowest BCUT2D eigenvalue weighted by molar-refractivity contribution is -0.139. The summed E-state index contributed by atoms with van der Waals surface area (Å²) in [7, 11) is 0. The van der Waals surface area contributed by atoms with Crippen molar-refractivity contribution in [3.05, 3.63) is 0 Å². The number of rotatable bonds is 5. The van der Waals surface area contributed by atoms with E-state index < -0.39 is 23.3 Å². The van der Waals surface area contributed by atoms with Crippen molar-refractivity contribution in [1.82, 2.24) is 4.72 Å². The molecule has 0 spiro atoms. The van der Waals surface area contributed by atoms with Crippen LogP contribution in [0.3, 0.4) is 0 Å². The summed E-state index contributed by atoms with van der Waals surface area (Å²) in [6, 6.07) is -1.01. The zero-order valence-corrected chi connectivity index (χ0v) is 7.76. The summed E-state index contributed by atoms with van der Waals surface area (Å²) in [5.74, 6) is -1.00. The topological polar surface area (TPSA) is 89.5 Å². The predicted molar refractivity (Wildman–Crippen MR) is 42.9 cm³/mol. The summed E-state index contributed by atoms with van der Waals surface area (Å²) >= 11 is -2.51. The number of carboxylic acids is 1. The van der Waals surface area contributed by atoms with Gasteiger partial charge in [0.15, 0.2) is 0 Å². The van der Waals surface area contributed by atoms with Gasteiger partial charge in [0.05, 0.1) is 0 Å². The highest BCUT2D eigenvalue weighted by atomic mass is 32.2. The van der Waals surface area contributed by atoms with Crippen molar-refractivity contribution in [3.8, 4) is 0 Å². The second-order valence-corrected chi connectivity index (χ2v) is 3.58. The van der Waals surface area contributed by atoms with E-state index in [1.807, 2.05) is 18.6 Å². The van der Waals surface area contributed by atoms with Gasteiger partial charge in [-0.3, -0.25) is 9.00 Å². The van der Waals surface area contributed by atoms with Crippen LogP contribution in [-0.4, -0.2) is 25.9 Å². The van der Waals surface area contributed by atoms with Crippen molar-refractivity contribution in [2.45, 2.75) is 26.3 Å². The molecule has 0 bridgehead atoms. The second kappa shape index (κ2) is 5.23. The monoisotopic (exact) mass is 194 g/mol. The first-order valence-corrected chi connectivity index (χ1v) is 4.59. The van der Waals surface area contributed by atoms with Crippen LogP contribution in [0.4, 0.5) is 0 Å². The van der Waals surface area contributed by atoms with Crippen LogP contribution < -0.4 is 4.72 Å². The minimum absolute atomic E-state index is 0.141. The highest BCUT2D eigenvalue weighted by Gasteiger charge is 2.17. The summed E-state index contributed by atoms with van der Waals surface area (Å²) in [4.78, 5) is 10.4. The Hall–Kier alpha value is -0.460. The molecule has 0 radical (unpaired) electrons. The molecule has 12 heavy (non-hydrogen) atoms. The van der Waals surface area contributed by atoms with Crippen LogP contribution in [0.2, 0.25) is 0 Å². The Morgan fingerprint density at radius 1 is 1.67 bits per heavy atom. The lowest BCUT2D eigenvalue weighted by atomic mass is 10.1. The van der Waals surface area contributed by atoms with Gasteiger partial charge in [-0.15, -0.1) is 0 Å². The molecule has 0 aliphatic rings. The Bertz CT molecular complexity index is 182. The van der Waals surface area contributed by atoms with Crippen molar-refractivity contribution in [3.63, 3.8) is 0 Å². The maximum absolute atomic E-state index is 10.4. The smallest absolute Gasteiger partial charge is 0.321 e. The molecule has 2 N–H and O–H groups in total. The Morgan fingerprint density at radius 3 is 2.42 bits per heavy atom. The third-order valence-electron chi connectivity index (χ3n) is 1.24. The number of nitrogens with one attached hydrogen (secondary N) is 1. The number of aliphatic carboxylic acids is 1. The van der Waals surface area contributed by atoms with Gasteiger partial charge in [0.1, 0.15) is 6.04 Å². The van der Waals surface area contributed by atoms with Gasteiger partial charge in [0, 0.05) is 11.3 Å². The lowest BCUT2D eigenvalue weighted by Crippen LogP contribution is -2.38. The number of hydrogen-bond donors (Lipinski definition) is 2. The first-order valence-electron chi connectivity index (χ1n) is 3.51. The summed E-state index contributed by atoms with van der Waals surface area (Å²) < 4.78 is 22.2. The van der Waals surface area contributed by atoms with Gasteiger partial charge in [-0.25, -0.2) is 4.72 Å². The van der Waals surface area contributed by atoms with Crippen LogP contribution in [0, 0.1) is 5.92 Å². The second-order valence-electron chi connectivity index (χ2n) is 2.87. The van der Waals surface area contributed by atoms with Gasteiger partial charge in [-0.05, 0) is 12.3 Å². The van der Waals surface area contributed by atoms with Crippen LogP contribution in [0.25, 0.3) is 0 Å². The molecule has 2 atom stereocenters.